The fourth-order valence-electron chi connectivity index (χ4n) is 1.39. The molecule has 0 aliphatic rings. The largest absolute Gasteiger partial charge is 0.318 e. The maximum atomic E-state index is 12.8. The molecule has 74 valence electrons. The van der Waals surface area contributed by atoms with E-state index in [4.69, 9.17) is 0 Å². The number of halogens is 1. The lowest BCUT2D eigenvalue weighted by Gasteiger charge is -1.97. The van der Waals surface area contributed by atoms with Crippen LogP contribution in [0.2, 0.25) is 0 Å². The van der Waals surface area contributed by atoms with Crippen LogP contribution in [0.3, 0.4) is 0 Å². The molecule has 0 radical (unpaired) electrons. The maximum Gasteiger partial charge on any atom is 0.124 e. The number of rotatable bonds is 3. The minimum atomic E-state index is -0.217. The first kappa shape index (κ1) is 9.15. The zero-order valence-corrected chi connectivity index (χ0v) is 8.00. The highest BCUT2D eigenvalue weighted by Crippen LogP contribution is 2.13. The molecule has 1 aromatic heterocycles. The van der Waals surface area contributed by atoms with Crippen molar-refractivity contribution in [3.05, 3.63) is 30.2 Å². The summed E-state index contributed by atoms with van der Waals surface area (Å²) in [4.78, 5) is 0. The number of aromatic nitrogens is 2. The second-order valence-corrected chi connectivity index (χ2v) is 3.20. The summed E-state index contributed by atoms with van der Waals surface area (Å²) >= 11 is 0. The molecule has 2 rings (SSSR count). The Bertz CT molecular complexity index is 436. The van der Waals surface area contributed by atoms with Gasteiger partial charge in [-0.05, 0) is 25.2 Å². The Hall–Kier alpha value is -1.42. The van der Waals surface area contributed by atoms with E-state index < -0.39 is 0 Å². The van der Waals surface area contributed by atoms with Gasteiger partial charge < -0.3 is 5.32 Å². The second-order valence-electron chi connectivity index (χ2n) is 3.20. The Kier molecular flexibility index (Phi) is 2.45. The molecule has 1 heterocycles. The topological polar surface area (TPSA) is 29.9 Å². The van der Waals surface area contributed by atoms with Gasteiger partial charge in [-0.3, -0.25) is 4.68 Å². The number of fused-ring (bicyclic) bond motifs is 1. The number of hydrogen-bond donors (Lipinski definition) is 1. The van der Waals surface area contributed by atoms with E-state index in [1.807, 2.05) is 17.9 Å². The van der Waals surface area contributed by atoms with Crippen molar-refractivity contribution in [2.75, 3.05) is 13.6 Å². The minimum absolute atomic E-state index is 0.217. The first-order valence-electron chi connectivity index (χ1n) is 4.57. The maximum absolute atomic E-state index is 12.8. The van der Waals surface area contributed by atoms with E-state index in [2.05, 4.69) is 10.4 Å². The third-order valence-corrected chi connectivity index (χ3v) is 2.10. The molecule has 0 spiro atoms. The van der Waals surface area contributed by atoms with Crippen LogP contribution in [0.25, 0.3) is 10.9 Å². The van der Waals surface area contributed by atoms with Crippen molar-refractivity contribution < 1.29 is 4.39 Å². The van der Waals surface area contributed by atoms with Gasteiger partial charge in [0, 0.05) is 18.1 Å². The smallest absolute Gasteiger partial charge is 0.124 e. The van der Waals surface area contributed by atoms with Gasteiger partial charge in [0.05, 0.1) is 12.1 Å². The van der Waals surface area contributed by atoms with Crippen molar-refractivity contribution >= 4 is 10.9 Å². The monoisotopic (exact) mass is 193 g/mol. The number of nitrogens with zero attached hydrogens (tertiary/aromatic N) is 2. The van der Waals surface area contributed by atoms with Crippen LogP contribution >= 0.6 is 0 Å². The summed E-state index contributed by atoms with van der Waals surface area (Å²) < 4.78 is 14.7. The normalized spacial score (nSPS) is 11.0. The third-order valence-electron chi connectivity index (χ3n) is 2.10. The Morgan fingerprint density at radius 2 is 2.36 bits per heavy atom. The van der Waals surface area contributed by atoms with Gasteiger partial charge in [-0.25, -0.2) is 4.39 Å². The summed E-state index contributed by atoms with van der Waals surface area (Å²) in [5, 5.41) is 8.19. The summed E-state index contributed by atoms with van der Waals surface area (Å²) in [7, 11) is 1.89. The van der Waals surface area contributed by atoms with Crippen LogP contribution in [0.1, 0.15) is 0 Å². The molecule has 0 amide bonds. The molecule has 4 heteroatoms. The fourth-order valence-corrected chi connectivity index (χ4v) is 1.39. The highest BCUT2D eigenvalue weighted by molar-refractivity contribution is 5.77. The van der Waals surface area contributed by atoms with Gasteiger partial charge in [0.2, 0.25) is 0 Å². The number of hydrogen-bond acceptors (Lipinski definition) is 2. The zero-order valence-electron chi connectivity index (χ0n) is 8.00. The van der Waals surface area contributed by atoms with Crippen LogP contribution in [-0.4, -0.2) is 23.4 Å². The van der Waals surface area contributed by atoms with Crippen molar-refractivity contribution in [2.24, 2.45) is 0 Å². The quantitative estimate of drug-likeness (QED) is 0.798. The van der Waals surface area contributed by atoms with Crippen LogP contribution < -0.4 is 5.32 Å². The van der Waals surface area contributed by atoms with Crippen LogP contribution in [0.15, 0.2) is 24.4 Å². The van der Waals surface area contributed by atoms with E-state index in [-0.39, 0.29) is 5.82 Å². The molecular weight excluding hydrogens is 181 g/mol. The van der Waals surface area contributed by atoms with E-state index in [0.717, 1.165) is 24.0 Å². The molecule has 14 heavy (non-hydrogen) atoms. The van der Waals surface area contributed by atoms with E-state index >= 15 is 0 Å². The first-order chi connectivity index (χ1) is 6.79. The molecular formula is C10H12FN3. The van der Waals surface area contributed by atoms with Crippen molar-refractivity contribution in [1.82, 2.24) is 15.1 Å². The zero-order chi connectivity index (χ0) is 9.97. The van der Waals surface area contributed by atoms with Gasteiger partial charge in [0.15, 0.2) is 0 Å². The molecule has 1 aromatic carbocycles. The Labute approximate surface area is 81.5 Å². The average Bonchev–Trinajstić information content (AvgIpc) is 2.56. The average molecular weight is 193 g/mol. The predicted octanol–water partition coefficient (Wildman–Crippen LogP) is 1.39. The van der Waals surface area contributed by atoms with Gasteiger partial charge in [0.25, 0.3) is 0 Å². The fraction of sp³-hybridized carbons (Fsp3) is 0.300. The number of nitrogens with one attached hydrogen (secondary N) is 1. The molecule has 0 saturated heterocycles. The molecule has 3 nitrogen and oxygen atoms in total. The van der Waals surface area contributed by atoms with E-state index in [0.29, 0.717) is 0 Å². The summed E-state index contributed by atoms with van der Waals surface area (Å²) in [6.45, 7) is 1.66. The Morgan fingerprint density at radius 1 is 1.50 bits per heavy atom. The van der Waals surface area contributed by atoms with Gasteiger partial charge in [-0.15, -0.1) is 0 Å². The van der Waals surface area contributed by atoms with Gasteiger partial charge in [-0.1, -0.05) is 0 Å². The second kappa shape index (κ2) is 3.75. The molecule has 1 N–H and O–H groups in total. The molecule has 0 aliphatic heterocycles. The van der Waals surface area contributed by atoms with Crippen LogP contribution in [0.5, 0.6) is 0 Å². The molecule has 0 bridgehead atoms. The van der Waals surface area contributed by atoms with Gasteiger partial charge in [-0.2, -0.15) is 5.10 Å². The Morgan fingerprint density at radius 3 is 3.14 bits per heavy atom. The number of benzene rings is 1. The van der Waals surface area contributed by atoms with E-state index in [9.17, 15) is 4.39 Å². The number of likely N-dealkylation sites (N-methyl/N-ethyl adjacent to an activating group) is 1. The first-order valence-corrected chi connectivity index (χ1v) is 4.57. The molecule has 0 aliphatic carbocycles. The van der Waals surface area contributed by atoms with Crippen LogP contribution in [0.4, 0.5) is 4.39 Å². The highest BCUT2D eigenvalue weighted by Gasteiger charge is 2.00. The van der Waals surface area contributed by atoms with Crippen LogP contribution in [0, 0.1) is 5.82 Å². The lowest BCUT2D eigenvalue weighted by atomic mass is 10.2. The van der Waals surface area contributed by atoms with E-state index in [1.165, 1.54) is 12.1 Å². The Balaban J connectivity index is 2.32. The summed E-state index contributed by atoms with van der Waals surface area (Å²) in [5.74, 6) is -0.217. The van der Waals surface area contributed by atoms with Crippen molar-refractivity contribution in [2.45, 2.75) is 6.54 Å². The third kappa shape index (κ3) is 1.75. The molecule has 0 atom stereocenters. The SMILES string of the molecule is CNCCn1cc2cc(F)ccc2n1. The van der Waals surface area contributed by atoms with Crippen molar-refractivity contribution in [3.8, 4) is 0 Å². The summed E-state index contributed by atoms with van der Waals surface area (Å²) in [6, 6.07) is 4.62. The van der Waals surface area contributed by atoms with E-state index in [1.54, 1.807) is 6.07 Å². The van der Waals surface area contributed by atoms with Gasteiger partial charge >= 0.3 is 0 Å². The molecule has 0 unspecified atom stereocenters. The minimum Gasteiger partial charge on any atom is -0.318 e. The van der Waals surface area contributed by atoms with Crippen LogP contribution in [-0.2, 0) is 6.54 Å². The van der Waals surface area contributed by atoms with Crippen molar-refractivity contribution in [3.63, 3.8) is 0 Å². The lowest BCUT2D eigenvalue weighted by Crippen LogP contribution is -2.14. The van der Waals surface area contributed by atoms with Gasteiger partial charge in [0.1, 0.15) is 5.82 Å². The molecule has 2 aromatic rings. The molecule has 0 fully saturated rings. The lowest BCUT2D eigenvalue weighted by molar-refractivity contribution is 0.590. The standard InChI is InChI=1S/C10H12FN3/c1-12-4-5-14-7-8-6-9(11)2-3-10(8)13-14/h2-3,6-7,12H,4-5H2,1H3. The summed E-state index contributed by atoms with van der Waals surface area (Å²) in [5.41, 5.74) is 0.836. The van der Waals surface area contributed by atoms with Crippen molar-refractivity contribution in [1.29, 1.82) is 0 Å². The molecule has 0 saturated carbocycles. The summed E-state index contributed by atoms with van der Waals surface area (Å²) in [6.07, 6.45) is 1.86. The highest BCUT2D eigenvalue weighted by atomic mass is 19.1. The predicted molar refractivity (Wildman–Crippen MR) is 53.6 cm³/mol.